The van der Waals surface area contributed by atoms with Gasteiger partial charge in [-0.2, -0.15) is 0 Å². The summed E-state index contributed by atoms with van der Waals surface area (Å²) in [5.74, 6) is 1.11. The van der Waals surface area contributed by atoms with Crippen LogP contribution in [0.25, 0.3) is 0 Å². The minimum Gasteiger partial charge on any atom is -0.493 e. The fourth-order valence-corrected chi connectivity index (χ4v) is 1.54. The van der Waals surface area contributed by atoms with Crippen molar-refractivity contribution in [3.8, 4) is 5.75 Å². The maximum absolute atomic E-state index is 7.61. The van der Waals surface area contributed by atoms with Crippen LogP contribution in [0.5, 0.6) is 5.75 Å². The van der Waals surface area contributed by atoms with Crippen molar-refractivity contribution in [2.24, 2.45) is 0 Å². The molecule has 0 fully saturated rings. The van der Waals surface area contributed by atoms with Crippen molar-refractivity contribution in [2.45, 2.75) is 13.3 Å². The molecule has 0 amide bonds. The largest absolute Gasteiger partial charge is 0.493 e. The van der Waals surface area contributed by atoms with Gasteiger partial charge in [0.05, 0.1) is 13.2 Å². The maximum Gasteiger partial charge on any atom is 0.213 e. The summed E-state index contributed by atoms with van der Waals surface area (Å²) in [6.07, 6.45) is 0.970. The summed E-state index contributed by atoms with van der Waals surface area (Å²) in [4.78, 5) is 0. The van der Waals surface area contributed by atoms with E-state index in [1.165, 1.54) is 5.56 Å². The molecule has 3 nitrogen and oxygen atoms in total. The Morgan fingerprint density at radius 2 is 2.43 bits per heavy atom. The van der Waals surface area contributed by atoms with E-state index in [-0.39, 0.29) is 5.90 Å². The monoisotopic (exact) mass is 191 g/mol. The van der Waals surface area contributed by atoms with E-state index in [0.29, 0.717) is 6.61 Å². The summed E-state index contributed by atoms with van der Waals surface area (Å²) in [6.45, 7) is 3.15. The van der Waals surface area contributed by atoms with Gasteiger partial charge in [-0.3, -0.25) is 5.41 Å². The third-order valence-corrected chi connectivity index (χ3v) is 2.25. The molecule has 2 rings (SSSR count). The van der Waals surface area contributed by atoms with E-state index < -0.39 is 0 Å². The molecule has 1 aliphatic heterocycles. The zero-order chi connectivity index (χ0) is 9.97. The highest BCUT2D eigenvalue weighted by Gasteiger charge is 2.13. The van der Waals surface area contributed by atoms with Gasteiger partial charge in [-0.1, -0.05) is 6.07 Å². The molecule has 0 radical (unpaired) electrons. The first-order valence-corrected chi connectivity index (χ1v) is 4.78. The van der Waals surface area contributed by atoms with Gasteiger partial charge in [-0.25, -0.2) is 0 Å². The Morgan fingerprint density at radius 3 is 3.21 bits per heavy atom. The Kier molecular flexibility index (Phi) is 2.39. The predicted molar refractivity (Wildman–Crippen MR) is 54.1 cm³/mol. The first kappa shape index (κ1) is 9.06. The van der Waals surface area contributed by atoms with E-state index in [4.69, 9.17) is 14.9 Å². The summed E-state index contributed by atoms with van der Waals surface area (Å²) >= 11 is 0. The van der Waals surface area contributed by atoms with Crippen molar-refractivity contribution < 1.29 is 9.47 Å². The number of fused-ring (bicyclic) bond motifs is 1. The molecule has 0 unspecified atom stereocenters. The summed E-state index contributed by atoms with van der Waals surface area (Å²) in [5.41, 5.74) is 2.01. The van der Waals surface area contributed by atoms with Crippen molar-refractivity contribution in [1.82, 2.24) is 0 Å². The lowest BCUT2D eigenvalue weighted by atomic mass is 10.1. The topological polar surface area (TPSA) is 42.3 Å². The number of rotatable bonds is 2. The molecule has 3 heteroatoms. The maximum atomic E-state index is 7.61. The van der Waals surface area contributed by atoms with Crippen LogP contribution in [0.15, 0.2) is 18.2 Å². The highest BCUT2D eigenvalue weighted by atomic mass is 16.5. The van der Waals surface area contributed by atoms with Gasteiger partial charge in [0.15, 0.2) is 0 Å². The van der Waals surface area contributed by atoms with Crippen molar-refractivity contribution >= 4 is 5.90 Å². The average Bonchev–Trinajstić information content (AvgIpc) is 2.64. The number of ether oxygens (including phenoxy) is 2. The van der Waals surface area contributed by atoms with E-state index in [0.717, 1.165) is 24.3 Å². The highest BCUT2D eigenvalue weighted by molar-refractivity contribution is 5.92. The SMILES string of the molecule is CCOC(=N)c1ccc2c(c1)OCC2. The Balaban J connectivity index is 2.24. The van der Waals surface area contributed by atoms with Crippen LogP contribution in [0.2, 0.25) is 0 Å². The first-order chi connectivity index (χ1) is 6.81. The Hall–Kier alpha value is -1.51. The number of nitrogens with one attached hydrogen (secondary N) is 1. The zero-order valence-electron chi connectivity index (χ0n) is 8.17. The second-order valence-corrected chi connectivity index (χ2v) is 3.18. The van der Waals surface area contributed by atoms with Crippen LogP contribution >= 0.6 is 0 Å². The van der Waals surface area contributed by atoms with Crippen LogP contribution in [-0.4, -0.2) is 19.1 Å². The second kappa shape index (κ2) is 3.70. The molecule has 0 saturated carbocycles. The molecule has 0 saturated heterocycles. The molecule has 1 heterocycles. The molecule has 1 N–H and O–H groups in total. The van der Waals surface area contributed by atoms with Gasteiger partial charge >= 0.3 is 0 Å². The highest BCUT2D eigenvalue weighted by Crippen LogP contribution is 2.26. The summed E-state index contributed by atoms with van der Waals surface area (Å²) in [6, 6.07) is 5.79. The average molecular weight is 191 g/mol. The number of hydrogen-bond acceptors (Lipinski definition) is 3. The van der Waals surface area contributed by atoms with E-state index in [2.05, 4.69) is 0 Å². The van der Waals surface area contributed by atoms with E-state index in [1.807, 2.05) is 25.1 Å². The van der Waals surface area contributed by atoms with Crippen LogP contribution in [0.4, 0.5) is 0 Å². The third kappa shape index (κ3) is 1.58. The van der Waals surface area contributed by atoms with Crippen LogP contribution in [-0.2, 0) is 11.2 Å². The molecule has 0 bridgehead atoms. The van der Waals surface area contributed by atoms with Crippen molar-refractivity contribution in [1.29, 1.82) is 5.41 Å². The van der Waals surface area contributed by atoms with Gasteiger partial charge in [0.2, 0.25) is 5.90 Å². The molecule has 1 aromatic carbocycles. The Labute approximate surface area is 83.2 Å². The fourth-order valence-electron chi connectivity index (χ4n) is 1.54. The molecule has 1 aliphatic rings. The number of hydrogen-bond donors (Lipinski definition) is 1. The van der Waals surface area contributed by atoms with Crippen LogP contribution in [0.3, 0.4) is 0 Å². The standard InChI is InChI=1S/C11H13NO2/c1-2-13-11(12)9-4-3-8-5-6-14-10(8)7-9/h3-4,7,12H,2,5-6H2,1H3. The normalized spacial score (nSPS) is 13.2. The van der Waals surface area contributed by atoms with Crippen molar-refractivity contribution in [2.75, 3.05) is 13.2 Å². The minimum atomic E-state index is 0.214. The van der Waals surface area contributed by atoms with E-state index in [9.17, 15) is 0 Å². The van der Waals surface area contributed by atoms with Gasteiger partial charge in [0.1, 0.15) is 5.75 Å². The second-order valence-electron chi connectivity index (χ2n) is 3.18. The van der Waals surface area contributed by atoms with Gasteiger partial charge < -0.3 is 9.47 Å². The lowest BCUT2D eigenvalue weighted by Crippen LogP contribution is -2.04. The Morgan fingerprint density at radius 1 is 1.57 bits per heavy atom. The molecule has 0 aliphatic carbocycles. The van der Waals surface area contributed by atoms with Gasteiger partial charge in [-0.05, 0) is 24.6 Å². The van der Waals surface area contributed by atoms with Crippen LogP contribution in [0.1, 0.15) is 18.1 Å². The van der Waals surface area contributed by atoms with Crippen LogP contribution < -0.4 is 4.74 Å². The zero-order valence-corrected chi connectivity index (χ0v) is 8.17. The van der Waals surface area contributed by atoms with Crippen molar-refractivity contribution in [3.63, 3.8) is 0 Å². The smallest absolute Gasteiger partial charge is 0.213 e. The molecule has 14 heavy (non-hydrogen) atoms. The quantitative estimate of drug-likeness (QED) is 0.573. The molecule has 0 aromatic heterocycles. The summed E-state index contributed by atoms with van der Waals surface area (Å²) in [5, 5.41) is 7.61. The molecular formula is C11H13NO2. The summed E-state index contributed by atoms with van der Waals surface area (Å²) in [7, 11) is 0. The lowest BCUT2D eigenvalue weighted by Gasteiger charge is -2.06. The molecule has 0 spiro atoms. The first-order valence-electron chi connectivity index (χ1n) is 4.78. The Bertz CT molecular complexity index is 360. The molecule has 1 aromatic rings. The molecular weight excluding hydrogens is 178 g/mol. The van der Waals surface area contributed by atoms with Gasteiger partial charge in [-0.15, -0.1) is 0 Å². The molecule has 74 valence electrons. The minimum absolute atomic E-state index is 0.214. The van der Waals surface area contributed by atoms with Gasteiger partial charge in [0, 0.05) is 12.0 Å². The predicted octanol–water partition coefficient (Wildman–Crippen LogP) is 1.98. The lowest BCUT2D eigenvalue weighted by molar-refractivity contribution is 0.325. The van der Waals surface area contributed by atoms with Gasteiger partial charge in [0.25, 0.3) is 0 Å². The molecule has 0 atom stereocenters. The number of benzene rings is 1. The van der Waals surface area contributed by atoms with Crippen LogP contribution in [0, 0.1) is 5.41 Å². The third-order valence-electron chi connectivity index (χ3n) is 2.25. The van der Waals surface area contributed by atoms with E-state index in [1.54, 1.807) is 0 Å². The van der Waals surface area contributed by atoms with Crippen molar-refractivity contribution in [3.05, 3.63) is 29.3 Å². The van der Waals surface area contributed by atoms with E-state index >= 15 is 0 Å². The summed E-state index contributed by atoms with van der Waals surface area (Å²) < 4.78 is 10.5. The fraction of sp³-hybridized carbons (Fsp3) is 0.364.